The number of esters is 1. The summed E-state index contributed by atoms with van der Waals surface area (Å²) in [5.41, 5.74) is 0.975. The van der Waals surface area contributed by atoms with E-state index in [2.05, 4.69) is 15.5 Å². The highest BCUT2D eigenvalue weighted by atomic mass is 16.5. The third kappa shape index (κ3) is 5.91. The molecule has 1 unspecified atom stereocenters. The van der Waals surface area contributed by atoms with E-state index in [1.807, 2.05) is 37.3 Å². The maximum Gasteiger partial charge on any atom is 0.338 e. The summed E-state index contributed by atoms with van der Waals surface area (Å²) in [7, 11) is 0. The molecule has 0 saturated carbocycles. The first-order chi connectivity index (χ1) is 17.4. The molecule has 36 heavy (non-hydrogen) atoms. The molecule has 2 fully saturated rings. The number of benzene rings is 2. The summed E-state index contributed by atoms with van der Waals surface area (Å²) in [6.45, 7) is 3.93. The average molecular weight is 493 g/mol. The van der Waals surface area contributed by atoms with E-state index in [0.717, 1.165) is 36.3 Å². The Morgan fingerprint density at radius 3 is 2.56 bits per heavy atom. The van der Waals surface area contributed by atoms with Gasteiger partial charge in [0.25, 0.3) is 5.91 Å². The largest absolute Gasteiger partial charge is 0.462 e. The second-order valence-corrected chi connectivity index (χ2v) is 9.32. The number of hydrogen-bond acceptors (Lipinski definition) is 6. The van der Waals surface area contributed by atoms with Crippen molar-refractivity contribution in [3.05, 3.63) is 65.7 Å². The third-order valence-electron chi connectivity index (χ3n) is 6.50. The van der Waals surface area contributed by atoms with Crippen LogP contribution in [-0.2, 0) is 20.9 Å². The van der Waals surface area contributed by atoms with Crippen molar-refractivity contribution in [3.8, 4) is 0 Å². The first-order valence-electron chi connectivity index (χ1n) is 12.4. The minimum Gasteiger partial charge on any atom is -0.462 e. The van der Waals surface area contributed by atoms with Gasteiger partial charge in [-0.2, -0.15) is 0 Å². The van der Waals surface area contributed by atoms with Gasteiger partial charge in [0.2, 0.25) is 5.91 Å². The summed E-state index contributed by atoms with van der Waals surface area (Å²) in [6, 6.07) is 15.7. The molecule has 0 radical (unpaired) electrons. The standard InChI is InChI=1S/C27H32N4O5/c1-2-3-16-36-24(33)21-10-12-22(13-11-21)28-23(32)18-31-25(34)27(29-26(31)35)14-7-15-30(19-27)17-20-8-5-4-6-9-20/h4-6,8-13H,2-3,7,14-19H2,1H3,(H,28,32)(H,29,35). The molecule has 2 aromatic rings. The van der Waals surface area contributed by atoms with E-state index in [4.69, 9.17) is 4.74 Å². The summed E-state index contributed by atoms with van der Waals surface area (Å²) in [6.07, 6.45) is 3.04. The van der Waals surface area contributed by atoms with Crippen LogP contribution in [0.3, 0.4) is 0 Å². The highest BCUT2D eigenvalue weighted by molar-refractivity contribution is 6.10. The number of amides is 4. The number of unbranched alkanes of at least 4 members (excludes halogenated alkanes) is 1. The molecular weight excluding hydrogens is 460 g/mol. The fraction of sp³-hybridized carbons (Fsp3) is 0.407. The number of ether oxygens (including phenoxy) is 1. The fourth-order valence-electron chi connectivity index (χ4n) is 4.64. The van der Waals surface area contributed by atoms with Crippen molar-refractivity contribution < 1.29 is 23.9 Å². The number of carbonyl (C=O) groups excluding carboxylic acids is 4. The Morgan fingerprint density at radius 1 is 1.08 bits per heavy atom. The summed E-state index contributed by atoms with van der Waals surface area (Å²) >= 11 is 0. The Labute approximate surface area is 210 Å². The van der Waals surface area contributed by atoms with E-state index in [-0.39, 0.29) is 12.5 Å². The molecule has 2 saturated heterocycles. The van der Waals surface area contributed by atoms with Gasteiger partial charge in [-0.1, -0.05) is 43.7 Å². The predicted molar refractivity (Wildman–Crippen MR) is 134 cm³/mol. The van der Waals surface area contributed by atoms with Gasteiger partial charge in [0, 0.05) is 18.8 Å². The van der Waals surface area contributed by atoms with E-state index >= 15 is 0 Å². The topological polar surface area (TPSA) is 108 Å². The van der Waals surface area contributed by atoms with Crippen molar-refractivity contribution in [1.29, 1.82) is 0 Å². The Morgan fingerprint density at radius 2 is 1.83 bits per heavy atom. The van der Waals surface area contributed by atoms with Gasteiger partial charge in [0.05, 0.1) is 12.2 Å². The molecular formula is C27H32N4O5. The number of hydrogen-bond donors (Lipinski definition) is 2. The molecule has 2 N–H and O–H groups in total. The molecule has 2 aromatic carbocycles. The molecule has 9 nitrogen and oxygen atoms in total. The molecule has 4 rings (SSSR count). The molecule has 2 aliphatic heterocycles. The zero-order chi connectivity index (χ0) is 25.5. The van der Waals surface area contributed by atoms with Crippen LogP contribution in [0.25, 0.3) is 0 Å². The monoisotopic (exact) mass is 492 g/mol. The van der Waals surface area contributed by atoms with Gasteiger partial charge in [0.1, 0.15) is 12.1 Å². The van der Waals surface area contributed by atoms with E-state index in [1.165, 1.54) is 0 Å². The van der Waals surface area contributed by atoms with Gasteiger partial charge in [-0.05, 0) is 55.6 Å². The summed E-state index contributed by atoms with van der Waals surface area (Å²) in [5.74, 6) is -1.28. The minimum atomic E-state index is -1.01. The SMILES string of the molecule is CCCCOC(=O)c1ccc(NC(=O)CN2C(=O)NC3(CCCN(Cc4ccccc4)C3)C2=O)cc1. The zero-order valence-electron chi connectivity index (χ0n) is 20.5. The summed E-state index contributed by atoms with van der Waals surface area (Å²) < 4.78 is 5.18. The van der Waals surface area contributed by atoms with E-state index in [0.29, 0.717) is 37.4 Å². The number of imide groups is 1. The Kier molecular flexibility index (Phi) is 8.00. The lowest BCUT2D eigenvalue weighted by molar-refractivity contribution is -0.135. The highest BCUT2D eigenvalue weighted by Crippen LogP contribution is 2.29. The molecule has 1 spiro atoms. The van der Waals surface area contributed by atoms with Gasteiger partial charge >= 0.3 is 12.0 Å². The van der Waals surface area contributed by atoms with Crippen LogP contribution >= 0.6 is 0 Å². The molecule has 2 aliphatic rings. The maximum absolute atomic E-state index is 13.3. The number of piperidine rings is 1. The van der Waals surface area contributed by atoms with Crippen molar-refractivity contribution in [2.75, 3.05) is 31.6 Å². The van der Waals surface area contributed by atoms with Crippen molar-refractivity contribution in [1.82, 2.24) is 15.1 Å². The van der Waals surface area contributed by atoms with E-state index in [9.17, 15) is 19.2 Å². The molecule has 9 heteroatoms. The predicted octanol–water partition coefficient (Wildman–Crippen LogP) is 3.17. The second kappa shape index (κ2) is 11.3. The Hall–Kier alpha value is -3.72. The number of nitrogens with zero attached hydrogens (tertiary/aromatic N) is 2. The Bertz CT molecular complexity index is 1100. The number of likely N-dealkylation sites (tertiary alicyclic amines) is 1. The van der Waals surface area contributed by atoms with Crippen LogP contribution in [0.4, 0.5) is 10.5 Å². The van der Waals surface area contributed by atoms with Crippen LogP contribution in [0.2, 0.25) is 0 Å². The second-order valence-electron chi connectivity index (χ2n) is 9.32. The normalized spacial score (nSPS) is 19.9. The summed E-state index contributed by atoms with van der Waals surface area (Å²) in [4.78, 5) is 53.8. The number of nitrogens with one attached hydrogen (secondary N) is 2. The minimum absolute atomic E-state index is 0.366. The number of carbonyl (C=O) groups is 4. The van der Waals surface area contributed by atoms with E-state index in [1.54, 1.807) is 24.3 Å². The highest BCUT2D eigenvalue weighted by Gasteiger charge is 2.53. The number of urea groups is 1. The lowest BCUT2D eigenvalue weighted by atomic mass is 9.88. The van der Waals surface area contributed by atoms with Crippen LogP contribution in [-0.4, -0.2) is 65.4 Å². The van der Waals surface area contributed by atoms with Crippen molar-refractivity contribution in [2.24, 2.45) is 0 Å². The number of rotatable bonds is 9. The molecule has 0 aromatic heterocycles. The lowest BCUT2D eigenvalue weighted by Crippen LogP contribution is -2.58. The number of anilines is 1. The van der Waals surface area contributed by atoms with Crippen LogP contribution < -0.4 is 10.6 Å². The van der Waals surface area contributed by atoms with Crippen LogP contribution in [0.15, 0.2) is 54.6 Å². The molecule has 2 heterocycles. The van der Waals surface area contributed by atoms with Crippen LogP contribution in [0.1, 0.15) is 48.5 Å². The fourth-order valence-corrected chi connectivity index (χ4v) is 4.64. The first-order valence-corrected chi connectivity index (χ1v) is 12.4. The molecule has 190 valence electrons. The van der Waals surface area contributed by atoms with Gasteiger partial charge in [0.15, 0.2) is 0 Å². The van der Waals surface area contributed by atoms with E-state index < -0.39 is 23.4 Å². The first kappa shape index (κ1) is 25.4. The smallest absolute Gasteiger partial charge is 0.338 e. The maximum atomic E-state index is 13.3. The summed E-state index contributed by atoms with van der Waals surface area (Å²) in [5, 5.41) is 5.55. The van der Waals surface area contributed by atoms with Crippen molar-refractivity contribution in [2.45, 2.75) is 44.7 Å². The molecule has 0 aliphatic carbocycles. The van der Waals surface area contributed by atoms with Gasteiger partial charge in [-0.15, -0.1) is 0 Å². The zero-order valence-corrected chi connectivity index (χ0v) is 20.5. The Balaban J connectivity index is 1.33. The van der Waals surface area contributed by atoms with Crippen LogP contribution in [0.5, 0.6) is 0 Å². The quantitative estimate of drug-likeness (QED) is 0.316. The average Bonchev–Trinajstić information content (AvgIpc) is 3.08. The van der Waals surface area contributed by atoms with Crippen LogP contribution in [0, 0.1) is 0 Å². The molecule has 1 atom stereocenters. The van der Waals surface area contributed by atoms with Gasteiger partial charge < -0.3 is 15.4 Å². The molecule has 4 amide bonds. The van der Waals surface area contributed by atoms with Gasteiger partial charge in [-0.3, -0.25) is 19.4 Å². The van der Waals surface area contributed by atoms with Crippen molar-refractivity contribution >= 4 is 29.5 Å². The van der Waals surface area contributed by atoms with Crippen molar-refractivity contribution in [3.63, 3.8) is 0 Å². The molecule has 0 bridgehead atoms. The lowest BCUT2D eigenvalue weighted by Gasteiger charge is -2.38. The van der Waals surface area contributed by atoms with Gasteiger partial charge in [-0.25, -0.2) is 9.59 Å². The third-order valence-corrected chi connectivity index (χ3v) is 6.50.